The first kappa shape index (κ1) is 40.3. The molecule has 1 aliphatic heterocycles. The average molecular weight is 825 g/mol. The lowest BCUT2D eigenvalue weighted by Gasteiger charge is -2.28. The van der Waals surface area contributed by atoms with Gasteiger partial charge in [-0.1, -0.05) is 135 Å². The first-order valence-electron chi connectivity index (χ1n) is 22.3. The van der Waals surface area contributed by atoms with Gasteiger partial charge in [-0.2, -0.15) is 0 Å². The molecule has 0 aliphatic carbocycles. The van der Waals surface area contributed by atoms with Crippen LogP contribution in [-0.4, -0.2) is 30.6 Å². The summed E-state index contributed by atoms with van der Waals surface area (Å²) in [6.45, 7) is 21.5. The van der Waals surface area contributed by atoms with E-state index >= 15 is 0 Å². The molecular weight excluding hydrogens is 769 g/mol. The number of benzene rings is 4. The van der Waals surface area contributed by atoms with Crippen LogP contribution in [0, 0.1) is 5.41 Å². The van der Waals surface area contributed by atoms with E-state index in [-0.39, 0.29) is 16.2 Å². The van der Waals surface area contributed by atoms with E-state index in [1.54, 1.807) is 0 Å². The fourth-order valence-electron chi connectivity index (χ4n) is 9.54. The molecule has 1 aliphatic rings. The largest absolute Gasteiger partial charge is 0.325 e. The monoisotopic (exact) mass is 824 g/mol. The summed E-state index contributed by atoms with van der Waals surface area (Å²) in [5.74, 6) is 3.09. The number of fused-ring (bicyclic) bond motifs is 3. The average Bonchev–Trinajstić information content (AvgIpc) is 3.99. The molecule has 0 spiro atoms. The quantitative estimate of drug-likeness (QED) is 0.168. The second kappa shape index (κ2) is 14.9. The van der Waals surface area contributed by atoms with Crippen molar-refractivity contribution in [3.05, 3.63) is 175 Å². The van der Waals surface area contributed by atoms with Crippen molar-refractivity contribution in [2.45, 2.75) is 79.1 Å². The molecule has 314 valence electrons. The highest BCUT2D eigenvalue weighted by Gasteiger charge is 2.37. The number of rotatable bonds is 6. The van der Waals surface area contributed by atoms with Gasteiger partial charge in [0.05, 0.1) is 28.1 Å². The fourth-order valence-corrected chi connectivity index (χ4v) is 9.54. The third-order valence-corrected chi connectivity index (χ3v) is 12.8. The van der Waals surface area contributed by atoms with Crippen LogP contribution in [-0.2, 0) is 10.8 Å². The Morgan fingerprint density at radius 2 is 0.857 bits per heavy atom. The molecule has 0 saturated heterocycles. The van der Waals surface area contributed by atoms with Crippen LogP contribution in [0.2, 0.25) is 0 Å². The zero-order valence-electron chi connectivity index (χ0n) is 38.0. The van der Waals surface area contributed by atoms with E-state index in [9.17, 15) is 0 Å². The number of nitrogens with zero attached hydrogens (tertiary/aromatic N) is 6. The first-order valence-corrected chi connectivity index (χ1v) is 22.3. The van der Waals surface area contributed by atoms with Crippen LogP contribution < -0.4 is 4.90 Å². The van der Waals surface area contributed by atoms with Crippen molar-refractivity contribution in [2.24, 2.45) is 5.41 Å². The van der Waals surface area contributed by atoms with Gasteiger partial charge in [0.25, 0.3) is 0 Å². The summed E-state index contributed by atoms with van der Waals surface area (Å²) in [7, 11) is 0. The van der Waals surface area contributed by atoms with Crippen molar-refractivity contribution in [3.63, 3.8) is 0 Å². The Balaban J connectivity index is 1.13. The zero-order valence-corrected chi connectivity index (χ0v) is 38.0. The van der Waals surface area contributed by atoms with Crippen molar-refractivity contribution in [1.29, 1.82) is 0 Å². The maximum absolute atomic E-state index is 5.44. The Labute approximate surface area is 371 Å². The van der Waals surface area contributed by atoms with Gasteiger partial charge in [0.2, 0.25) is 0 Å². The predicted octanol–water partition coefficient (Wildman–Crippen LogP) is 14.6. The van der Waals surface area contributed by atoms with Crippen molar-refractivity contribution in [2.75, 3.05) is 11.4 Å². The zero-order chi connectivity index (χ0) is 43.8. The van der Waals surface area contributed by atoms with E-state index in [4.69, 9.17) is 15.0 Å². The molecule has 5 aromatic heterocycles. The topological polar surface area (TPSA) is 51.8 Å². The molecule has 10 rings (SSSR count). The molecule has 9 aromatic rings. The van der Waals surface area contributed by atoms with Gasteiger partial charge in [-0.25, -0.2) is 15.0 Å². The Hall–Kier alpha value is -6.79. The van der Waals surface area contributed by atoms with Gasteiger partial charge in [-0.05, 0) is 106 Å². The van der Waals surface area contributed by atoms with Crippen LogP contribution >= 0.6 is 0 Å². The third-order valence-electron chi connectivity index (χ3n) is 12.8. The SMILES string of the molecule is CC(C)(C)c1cn(-c2cccc(-c3cc(-c4cccc(N5CC(C(C)(C)C)c6ccccc65)n4)cc(-c4cccc(-n5cc(C(C)(C)C)c6ccccc65)n4)c3)n2)c2ccccc12. The lowest BCUT2D eigenvalue weighted by Crippen LogP contribution is -2.24. The summed E-state index contributed by atoms with van der Waals surface area (Å²) in [6, 6.07) is 51.9. The molecule has 0 amide bonds. The maximum atomic E-state index is 5.44. The highest BCUT2D eigenvalue weighted by atomic mass is 15.2. The maximum Gasteiger partial charge on any atom is 0.137 e. The van der Waals surface area contributed by atoms with Gasteiger partial charge < -0.3 is 14.0 Å². The molecule has 0 saturated carbocycles. The summed E-state index contributed by atoms with van der Waals surface area (Å²) in [4.78, 5) is 18.6. The molecule has 6 heteroatoms. The molecule has 0 fully saturated rings. The van der Waals surface area contributed by atoms with Crippen molar-refractivity contribution < 1.29 is 0 Å². The first-order chi connectivity index (χ1) is 30.1. The third kappa shape index (κ3) is 7.31. The fraction of sp³-hybridized carbons (Fsp3) is 0.246. The van der Waals surface area contributed by atoms with Crippen molar-refractivity contribution in [3.8, 4) is 45.4 Å². The second-order valence-electron chi connectivity index (χ2n) is 20.4. The van der Waals surface area contributed by atoms with Gasteiger partial charge in [0.15, 0.2) is 0 Å². The number of para-hydroxylation sites is 3. The molecule has 0 N–H and O–H groups in total. The second-order valence-corrected chi connectivity index (χ2v) is 20.4. The summed E-state index contributed by atoms with van der Waals surface area (Å²) in [5.41, 5.74) is 13.2. The molecule has 4 aromatic carbocycles. The Morgan fingerprint density at radius 3 is 1.32 bits per heavy atom. The smallest absolute Gasteiger partial charge is 0.137 e. The van der Waals surface area contributed by atoms with Crippen molar-refractivity contribution in [1.82, 2.24) is 24.1 Å². The molecule has 1 atom stereocenters. The van der Waals surface area contributed by atoms with Gasteiger partial charge in [0.1, 0.15) is 17.5 Å². The number of pyridine rings is 3. The summed E-state index contributed by atoms with van der Waals surface area (Å²) in [5, 5.41) is 2.50. The number of hydrogen-bond acceptors (Lipinski definition) is 4. The van der Waals surface area contributed by atoms with E-state index in [1.165, 1.54) is 33.2 Å². The van der Waals surface area contributed by atoms with Gasteiger partial charge in [-0.3, -0.25) is 0 Å². The highest BCUT2D eigenvalue weighted by Crippen LogP contribution is 2.48. The minimum Gasteiger partial charge on any atom is -0.325 e. The lowest BCUT2D eigenvalue weighted by molar-refractivity contribution is 0.335. The molecule has 0 bridgehead atoms. The molecule has 6 nitrogen and oxygen atoms in total. The number of aromatic nitrogens is 5. The lowest BCUT2D eigenvalue weighted by atomic mass is 9.78. The van der Waals surface area contributed by atoms with Gasteiger partial charge >= 0.3 is 0 Å². The summed E-state index contributed by atoms with van der Waals surface area (Å²) >= 11 is 0. The van der Waals surface area contributed by atoms with Crippen molar-refractivity contribution >= 4 is 33.3 Å². The standard InChI is InChI=1S/C57H56N6/c1-55(2,3)43-34-61(49-25-13-10-19-40(43)49)52-28-16-22-46(58-52)37-31-38(47-23-17-29-53(59-47)62-35-44(56(4,5)6)41-20-11-14-26-50(41)62)33-39(32-37)48-24-18-30-54(60-48)63-36-45(57(7,8)9)42-21-12-15-27-51(42)63/h10-35,45H,36H2,1-9H3. The molecule has 63 heavy (non-hydrogen) atoms. The van der Waals surface area contributed by atoms with E-state index in [1.807, 2.05) is 0 Å². The van der Waals surface area contributed by atoms with E-state index in [0.29, 0.717) is 5.92 Å². The normalized spacial score (nSPS) is 14.5. The highest BCUT2D eigenvalue weighted by molar-refractivity contribution is 5.88. The van der Waals surface area contributed by atoms with Crippen LogP contribution in [0.5, 0.6) is 0 Å². The molecule has 6 heterocycles. The summed E-state index contributed by atoms with van der Waals surface area (Å²) in [6.07, 6.45) is 4.53. The summed E-state index contributed by atoms with van der Waals surface area (Å²) < 4.78 is 4.48. The predicted molar refractivity (Wildman–Crippen MR) is 263 cm³/mol. The van der Waals surface area contributed by atoms with E-state index in [2.05, 4.69) is 234 Å². The van der Waals surface area contributed by atoms with E-state index < -0.39 is 0 Å². The van der Waals surface area contributed by atoms with Crippen LogP contribution in [0.1, 0.15) is 84.9 Å². The molecule has 1 unspecified atom stereocenters. The Morgan fingerprint density at radius 1 is 0.444 bits per heavy atom. The van der Waals surface area contributed by atoms with Gasteiger partial charge in [-0.15, -0.1) is 0 Å². The van der Waals surface area contributed by atoms with Gasteiger partial charge in [0, 0.05) is 58.0 Å². The molecular formula is C57H56N6. The molecule has 0 radical (unpaired) electrons. The van der Waals surface area contributed by atoms with E-state index in [0.717, 1.165) is 68.8 Å². The minimum atomic E-state index is -0.0270. The van der Waals surface area contributed by atoms with Crippen LogP contribution in [0.25, 0.3) is 67.2 Å². The minimum absolute atomic E-state index is 0.0270. The van der Waals surface area contributed by atoms with Crippen LogP contribution in [0.4, 0.5) is 11.5 Å². The van der Waals surface area contributed by atoms with Crippen LogP contribution in [0.15, 0.2) is 158 Å². The number of hydrogen-bond donors (Lipinski definition) is 0. The number of anilines is 2. The Kier molecular flexibility index (Phi) is 9.56. The Bertz CT molecular complexity index is 3030. The van der Waals surface area contributed by atoms with Crippen LogP contribution in [0.3, 0.4) is 0 Å².